The summed E-state index contributed by atoms with van der Waals surface area (Å²) in [5, 5.41) is 2.30. The summed E-state index contributed by atoms with van der Waals surface area (Å²) in [5.74, 6) is -4.33. The number of benzene rings is 1. The number of anilines is 1. The van der Waals surface area contributed by atoms with Crippen LogP contribution in [-0.4, -0.2) is 43.7 Å². The molecule has 0 aromatic heterocycles. The van der Waals surface area contributed by atoms with E-state index in [9.17, 15) is 18.0 Å². The lowest BCUT2D eigenvalue weighted by molar-refractivity contribution is -0.117. The van der Waals surface area contributed by atoms with E-state index >= 15 is 0 Å². The molecule has 2 rings (SSSR count). The van der Waals surface area contributed by atoms with Gasteiger partial charge in [0.25, 0.3) is 0 Å². The highest BCUT2D eigenvalue weighted by atomic mass is 19.2. The number of carbonyl (C=O) groups excluding carboxylic acids is 1. The molecule has 0 bridgehead atoms. The molecule has 23 heavy (non-hydrogen) atoms. The average Bonchev–Trinajstić information content (AvgIpc) is 3.01. The minimum absolute atomic E-state index is 0.0722. The first-order valence-electron chi connectivity index (χ1n) is 7.74. The van der Waals surface area contributed by atoms with E-state index in [2.05, 4.69) is 5.32 Å². The van der Waals surface area contributed by atoms with Crippen LogP contribution in [0.4, 0.5) is 18.9 Å². The molecule has 0 aliphatic carbocycles. The molecule has 7 heteroatoms. The number of nitrogens with zero attached hydrogens (tertiary/aromatic N) is 1. The Hall–Kier alpha value is -1.60. The molecule has 1 unspecified atom stereocenters. The van der Waals surface area contributed by atoms with Crippen molar-refractivity contribution < 1.29 is 22.7 Å². The molecule has 1 aromatic rings. The van der Waals surface area contributed by atoms with Gasteiger partial charge in [-0.25, -0.2) is 13.2 Å². The molecule has 1 fully saturated rings. The van der Waals surface area contributed by atoms with E-state index in [1.54, 1.807) is 0 Å². The molecule has 0 spiro atoms. The van der Waals surface area contributed by atoms with Crippen LogP contribution in [0, 0.1) is 23.4 Å². The van der Waals surface area contributed by atoms with Gasteiger partial charge < -0.3 is 10.1 Å². The Kier molecular flexibility index (Phi) is 6.41. The van der Waals surface area contributed by atoms with E-state index in [0.29, 0.717) is 12.5 Å². The van der Waals surface area contributed by atoms with Crippen LogP contribution in [0.2, 0.25) is 0 Å². The smallest absolute Gasteiger partial charge is 0.238 e. The molecule has 128 valence electrons. The number of halogens is 3. The number of ether oxygens (including phenoxy) is 1. The molecule has 4 nitrogen and oxygen atoms in total. The van der Waals surface area contributed by atoms with E-state index in [1.165, 1.54) is 0 Å². The molecule has 1 saturated heterocycles. The minimum Gasteiger partial charge on any atom is -0.381 e. The lowest BCUT2D eigenvalue weighted by Crippen LogP contribution is -2.37. The summed E-state index contributed by atoms with van der Waals surface area (Å²) in [6, 6.07) is 1.80. The Morgan fingerprint density at radius 3 is 2.78 bits per heavy atom. The zero-order chi connectivity index (χ0) is 16.8. The second-order valence-electron chi connectivity index (χ2n) is 5.74. The number of amides is 1. The van der Waals surface area contributed by atoms with E-state index < -0.39 is 23.4 Å². The Morgan fingerprint density at radius 2 is 2.13 bits per heavy atom. The van der Waals surface area contributed by atoms with Crippen molar-refractivity contribution in [1.82, 2.24) is 4.90 Å². The maximum Gasteiger partial charge on any atom is 0.238 e. The molecule has 1 aromatic carbocycles. The first kappa shape index (κ1) is 17.7. The molecule has 0 saturated carbocycles. The van der Waals surface area contributed by atoms with Gasteiger partial charge in [-0.05, 0) is 37.4 Å². The maximum atomic E-state index is 13.6. The normalized spacial score (nSPS) is 17.7. The predicted molar refractivity (Wildman–Crippen MR) is 80.6 cm³/mol. The topological polar surface area (TPSA) is 41.6 Å². The van der Waals surface area contributed by atoms with Gasteiger partial charge in [0.2, 0.25) is 5.91 Å². The third kappa shape index (κ3) is 4.94. The largest absolute Gasteiger partial charge is 0.381 e. The van der Waals surface area contributed by atoms with Crippen LogP contribution >= 0.6 is 0 Å². The molecule has 0 radical (unpaired) electrons. The zero-order valence-electron chi connectivity index (χ0n) is 13.1. The third-order valence-corrected chi connectivity index (χ3v) is 3.76. The average molecular weight is 330 g/mol. The molecule has 1 atom stereocenters. The van der Waals surface area contributed by atoms with Crippen LogP contribution < -0.4 is 5.32 Å². The highest BCUT2D eigenvalue weighted by molar-refractivity contribution is 5.92. The van der Waals surface area contributed by atoms with Gasteiger partial charge in [-0.2, -0.15) is 0 Å². The maximum absolute atomic E-state index is 13.6. The molecule has 1 aliphatic heterocycles. The van der Waals surface area contributed by atoms with Crippen molar-refractivity contribution in [3.05, 3.63) is 29.6 Å². The molecular formula is C16H21F3N2O2. The zero-order valence-corrected chi connectivity index (χ0v) is 13.1. The minimum atomic E-state index is -1.59. The van der Waals surface area contributed by atoms with E-state index in [-0.39, 0.29) is 12.2 Å². The monoisotopic (exact) mass is 330 g/mol. The first-order chi connectivity index (χ1) is 11.0. The summed E-state index contributed by atoms with van der Waals surface area (Å²) in [7, 11) is 0. The van der Waals surface area contributed by atoms with Crippen LogP contribution in [-0.2, 0) is 9.53 Å². The lowest BCUT2D eigenvalue weighted by Gasteiger charge is -2.23. The summed E-state index contributed by atoms with van der Waals surface area (Å²) < 4.78 is 45.0. The summed E-state index contributed by atoms with van der Waals surface area (Å²) in [5.41, 5.74) is -0.352. The van der Waals surface area contributed by atoms with Crippen molar-refractivity contribution in [3.8, 4) is 0 Å². The van der Waals surface area contributed by atoms with Crippen LogP contribution in [0.15, 0.2) is 12.1 Å². The van der Waals surface area contributed by atoms with Crippen molar-refractivity contribution >= 4 is 11.6 Å². The van der Waals surface area contributed by atoms with Crippen molar-refractivity contribution in [2.75, 3.05) is 38.2 Å². The first-order valence-corrected chi connectivity index (χ1v) is 7.74. The number of hydrogen-bond donors (Lipinski definition) is 1. The Balaban J connectivity index is 1.94. The van der Waals surface area contributed by atoms with Crippen LogP contribution in [0.5, 0.6) is 0 Å². The summed E-state index contributed by atoms with van der Waals surface area (Å²) in [4.78, 5) is 14.0. The lowest BCUT2D eigenvalue weighted by atomic mass is 10.1. The highest BCUT2D eigenvalue weighted by Crippen LogP contribution is 2.20. The highest BCUT2D eigenvalue weighted by Gasteiger charge is 2.21. The fourth-order valence-corrected chi connectivity index (χ4v) is 2.66. The third-order valence-electron chi connectivity index (χ3n) is 3.76. The Bertz CT molecular complexity index is 548. The van der Waals surface area contributed by atoms with Gasteiger partial charge in [0, 0.05) is 13.2 Å². The predicted octanol–water partition coefficient (Wildman–Crippen LogP) is 2.79. The van der Waals surface area contributed by atoms with Gasteiger partial charge in [-0.1, -0.05) is 6.92 Å². The Morgan fingerprint density at radius 1 is 1.35 bits per heavy atom. The van der Waals surface area contributed by atoms with Gasteiger partial charge in [0.1, 0.15) is 0 Å². The summed E-state index contributed by atoms with van der Waals surface area (Å²) in [6.45, 7) is 4.94. The number of hydrogen-bond acceptors (Lipinski definition) is 3. The van der Waals surface area contributed by atoms with Gasteiger partial charge in [0.05, 0.1) is 18.8 Å². The van der Waals surface area contributed by atoms with Crippen molar-refractivity contribution in [1.29, 1.82) is 0 Å². The summed E-state index contributed by atoms with van der Waals surface area (Å²) >= 11 is 0. The SMILES string of the molecule is CCCN(CC(=O)Nc1ccc(F)c(F)c1F)CC1CCOC1. The van der Waals surface area contributed by atoms with Gasteiger partial charge in [0.15, 0.2) is 17.5 Å². The summed E-state index contributed by atoms with van der Waals surface area (Å²) in [6.07, 6.45) is 1.83. The van der Waals surface area contributed by atoms with Crippen LogP contribution in [0.3, 0.4) is 0 Å². The van der Waals surface area contributed by atoms with Crippen LogP contribution in [0.25, 0.3) is 0 Å². The van der Waals surface area contributed by atoms with Crippen molar-refractivity contribution in [2.24, 2.45) is 5.92 Å². The molecular weight excluding hydrogens is 309 g/mol. The van der Waals surface area contributed by atoms with E-state index in [0.717, 1.165) is 44.7 Å². The molecule has 1 N–H and O–H groups in total. The molecule has 1 heterocycles. The van der Waals surface area contributed by atoms with E-state index in [4.69, 9.17) is 4.74 Å². The van der Waals surface area contributed by atoms with Crippen LogP contribution in [0.1, 0.15) is 19.8 Å². The number of nitrogens with one attached hydrogen (secondary N) is 1. The fourth-order valence-electron chi connectivity index (χ4n) is 2.66. The van der Waals surface area contributed by atoms with Crippen molar-refractivity contribution in [2.45, 2.75) is 19.8 Å². The quantitative estimate of drug-likeness (QED) is 0.782. The van der Waals surface area contributed by atoms with Crippen molar-refractivity contribution in [3.63, 3.8) is 0 Å². The van der Waals surface area contributed by atoms with Gasteiger partial charge in [-0.3, -0.25) is 9.69 Å². The van der Waals surface area contributed by atoms with Gasteiger partial charge in [-0.15, -0.1) is 0 Å². The number of rotatable bonds is 7. The number of carbonyl (C=O) groups is 1. The van der Waals surface area contributed by atoms with Gasteiger partial charge >= 0.3 is 0 Å². The Labute approximate surface area is 133 Å². The second-order valence-corrected chi connectivity index (χ2v) is 5.74. The second kappa shape index (κ2) is 8.31. The standard InChI is InChI=1S/C16H21F3N2O2/c1-2-6-21(8-11-5-7-23-10-11)9-14(22)20-13-4-3-12(17)15(18)16(13)19/h3-4,11H,2,5-10H2,1H3,(H,20,22). The fraction of sp³-hybridized carbons (Fsp3) is 0.562. The van der Waals surface area contributed by atoms with E-state index in [1.807, 2.05) is 11.8 Å². The molecule has 1 aliphatic rings. The molecule has 1 amide bonds.